The Morgan fingerprint density at radius 3 is 2.80 bits per heavy atom. The van der Waals surface area contributed by atoms with Crippen LogP contribution >= 0.6 is 11.6 Å². The fraction of sp³-hybridized carbons (Fsp3) is 0.222. The molecule has 2 heterocycles. The Morgan fingerprint density at radius 1 is 1.53 bits per heavy atom. The summed E-state index contributed by atoms with van der Waals surface area (Å²) in [6.07, 6.45) is 0. The first kappa shape index (κ1) is 9.92. The van der Waals surface area contributed by atoms with Gasteiger partial charge in [0.25, 0.3) is 5.91 Å². The van der Waals surface area contributed by atoms with Crippen LogP contribution in [0, 0.1) is 6.92 Å². The summed E-state index contributed by atoms with van der Waals surface area (Å²) in [7, 11) is 1.83. The van der Waals surface area contributed by atoms with E-state index in [1.807, 2.05) is 14.0 Å². The number of carbonyl (C=O) groups is 1. The SMILES string of the molecule is Cc1nc2cc(C(N)=O)c(Cl)nc2n1C. The number of amides is 1. The van der Waals surface area contributed by atoms with Crippen LogP contribution in [0.5, 0.6) is 0 Å². The third-order valence-corrected chi connectivity index (χ3v) is 2.58. The molecular formula is C9H9ClN4O. The second-order valence-electron chi connectivity index (χ2n) is 3.25. The lowest BCUT2D eigenvalue weighted by Gasteiger charge is -1.99. The van der Waals surface area contributed by atoms with Gasteiger partial charge in [0.1, 0.15) is 16.5 Å². The Morgan fingerprint density at radius 2 is 2.20 bits per heavy atom. The van der Waals surface area contributed by atoms with Gasteiger partial charge in [-0.2, -0.15) is 0 Å². The van der Waals surface area contributed by atoms with Crippen LogP contribution in [0.1, 0.15) is 16.2 Å². The highest BCUT2D eigenvalue weighted by Crippen LogP contribution is 2.20. The van der Waals surface area contributed by atoms with E-state index >= 15 is 0 Å². The van der Waals surface area contributed by atoms with E-state index in [4.69, 9.17) is 17.3 Å². The fourth-order valence-electron chi connectivity index (χ4n) is 1.38. The van der Waals surface area contributed by atoms with E-state index in [1.165, 1.54) is 0 Å². The topological polar surface area (TPSA) is 73.8 Å². The first-order valence-electron chi connectivity index (χ1n) is 4.30. The number of halogens is 1. The van der Waals surface area contributed by atoms with Crippen LogP contribution in [0.2, 0.25) is 5.15 Å². The lowest BCUT2D eigenvalue weighted by Crippen LogP contribution is -2.12. The van der Waals surface area contributed by atoms with Gasteiger partial charge in [-0.15, -0.1) is 0 Å². The second-order valence-corrected chi connectivity index (χ2v) is 3.61. The maximum atomic E-state index is 11.0. The van der Waals surface area contributed by atoms with E-state index in [-0.39, 0.29) is 10.7 Å². The highest BCUT2D eigenvalue weighted by molar-refractivity contribution is 6.33. The Kier molecular flexibility index (Phi) is 2.12. The fourth-order valence-corrected chi connectivity index (χ4v) is 1.60. The lowest BCUT2D eigenvalue weighted by atomic mass is 10.2. The van der Waals surface area contributed by atoms with Crippen molar-refractivity contribution in [1.82, 2.24) is 14.5 Å². The molecule has 2 aromatic heterocycles. The number of primary amides is 1. The van der Waals surface area contributed by atoms with Gasteiger partial charge in [0.05, 0.1) is 5.56 Å². The summed E-state index contributed by atoms with van der Waals surface area (Å²) in [6, 6.07) is 1.56. The third kappa shape index (κ3) is 1.45. The molecule has 0 saturated carbocycles. The molecule has 0 unspecified atom stereocenters. The minimum Gasteiger partial charge on any atom is -0.366 e. The molecule has 0 radical (unpaired) electrons. The quantitative estimate of drug-likeness (QED) is 0.736. The summed E-state index contributed by atoms with van der Waals surface area (Å²) < 4.78 is 1.80. The van der Waals surface area contributed by atoms with Crippen LogP contribution in [0.4, 0.5) is 0 Å². The van der Waals surface area contributed by atoms with Crippen molar-refractivity contribution in [1.29, 1.82) is 0 Å². The highest BCUT2D eigenvalue weighted by atomic mass is 35.5. The van der Waals surface area contributed by atoms with Crippen molar-refractivity contribution >= 4 is 28.7 Å². The monoisotopic (exact) mass is 224 g/mol. The first-order chi connectivity index (χ1) is 7.00. The summed E-state index contributed by atoms with van der Waals surface area (Å²) in [5.74, 6) is 0.202. The number of aromatic nitrogens is 3. The second kappa shape index (κ2) is 3.20. The molecule has 0 aliphatic rings. The Balaban J connectivity index is 2.82. The van der Waals surface area contributed by atoms with Crippen LogP contribution in [-0.4, -0.2) is 20.4 Å². The maximum absolute atomic E-state index is 11.0. The van der Waals surface area contributed by atoms with E-state index in [0.29, 0.717) is 11.2 Å². The maximum Gasteiger partial charge on any atom is 0.251 e. The van der Waals surface area contributed by atoms with Crippen molar-refractivity contribution in [2.45, 2.75) is 6.92 Å². The lowest BCUT2D eigenvalue weighted by molar-refractivity contribution is 0.100. The average molecular weight is 225 g/mol. The van der Waals surface area contributed by atoms with Gasteiger partial charge in [-0.25, -0.2) is 9.97 Å². The smallest absolute Gasteiger partial charge is 0.251 e. The number of imidazole rings is 1. The van der Waals surface area contributed by atoms with E-state index in [9.17, 15) is 4.79 Å². The highest BCUT2D eigenvalue weighted by Gasteiger charge is 2.13. The molecule has 2 N–H and O–H groups in total. The zero-order valence-corrected chi connectivity index (χ0v) is 9.04. The first-order valence-corrected chi connectivity index (χ1v) is 4.68. The van der Waals surface area contributed by atoms with Crippen LogP contribution in [0.3, 0.4) is 0 Å². The number of rotatable bonds is 1. The summed E-state index contributed by atoms with van der Waals surface area (Å²) >= 11 is 5.83. The van der Waals surface area contributed by atoms with Gasteiger partial charge in [0, 0.05) is 7.05 Å². The van der Waals surface area contributed by atoms with Crippen molar-refractivity contribution in [3.8, 4) is 0 Å². The molecule has 6 heteroatoms. The molecule has 0 aliphatic heterocycles. The predicted molar refractivity (Wildman–Crippen MR) is 56.8 cm³/mol. The molecular weight excluding hydrogens is 216 g/mol. The van der Waals surface area contributed by atoms with Gasteiger partial charge in [0.15, 0.2) is 5.65 Å². The van der Waals surface area contributed by atoms with Crippen LogP contribution < -0.4 is 5.73 Å². The zero-order chi connectivity index (χ0) is 11.2. The molecule has 0 aliphatic carbocycles. The summed E-state index contributed by atoms with van der Waals surface area (Å²) in [6.45, 7) is 1.85. The van der Waals surface area contributed by atoms with Gasteiger partial charge in [-0.1, -0.05) is 11.6 Å². The van der Waals surface area contributed by atoms with Gasteiger partial charge >= 0.3 is 0 Å². The number of pyridine rings is 1. The van der Waals surface area contributed by atoms with Gasteiger partial charge in [-0.3, -0.25) is 4.79 Å². The number of aryl methyl sites for hydroxylation is 2. The number of hydrogen-bond acceptors (Lipinski definition) is 3. The molecule has 1 amide bonds. The standard InChI is InChI=1S/C9H9ClN4O/c1-4-12-6-3-5(8(11)15)7(10)13-9(6)14(4)2/h3H,1-2H3,(H2,11,15). The molecule has 15 heavy (non-hydrogen) atoms. The number of nitrogens with two attached hydrogens (primary N) is 1. The Hall–Kier alpha value is -1.62. The van der Waals surface area contributed by atoms with Crippen molar-refractivity contribution < 1.29 is 4.79 Å². The number of fused-ring (bicyclic) bond motifs is 1. The molecule has 78 valence electrons. The van der Waals surface area contributed by atoms with Crippen molar-refractivity contribution in [3.63, 3.8) is 0 Å². The third-order valence-electron chi connectivity index (χ3n) is 2.29. The van der Waals surface area contributed by atoms with E-state index in [0.717, 1.165) is 5.82 Å². The van der Waals surface area contributed by atoms with Crippen LogP contribution in [0.15, 0.2) is 6.07 Å². The molecule has 2 rings (SSSR count). The molecule has 0 fully saturated rings. The summed E-state index contributed by atoms with van der Waals surface area (Å²) in [5.41, 5.74) is 6.61. The molecule has 0 saturated heterocycles. The molecule has 0 atom stereocenters. The van der Waals surface area contributed by atoms with Gasteiger partial charge in [0.2, 0.25) is 0 Å². The number of nitrogens with zero attached hydrogens (tertiary/aromatic N) is 3. The van der Waals surface area contributed by atoms with Gasteiger partial charge < -0.3 is 10.3 Å². The number of hydrogen-bond donors (Lipinski definition) is 1. The molecule has 0 bridgehead atoms. The largest absolute Gasteiger partial charge is 0.366 e. The van der Waals surface area contributed by atoms with Crippen LogP contribution in [-0.2, 0) is 7.05 Å². The van der Waals surface area contributed by atoms with Crippen molar-refractivity contribution in [3.05, 3.63) is 22.6 Å². The minimum atomic E-state index is -0.599. The summed E-state index contributed by atoms with van der Waals surface area (Å²) in [4.78, 5) is 19.3. The van der Waals surface area contributed by atoms with Crippen LogP contribution in [0.25, 0.3) is 11.2 Å². The van der Waals surface area contributed by atoms with E-state index in [1.54, 1.807) is 10.6 Å². The predicted octanol–water partition coefficient (Wildman–Crippen LogP) is 1.03. The zero-order valence-electron chi connectivity index (χ0n) is 8.28. The minimum absolute atomic E-state index is 0.109. The average Bonchev–Trinajstić information content (AvgIpc) is 2.43. The molecule has 0 aromatic carbocycles. The molecule has 2 aromatic rings. The van der Waals surface area contributed by atoms with Crippen molar-refractivity contribution in [2.24, 2.45) is 12.8 Å². The van der Waals surface area contributed by atoms with Gasteiger partial charge in [-0.05, 0) is 13.0 Å². The van der Waals surface area contributed by atoms with Crippen molar-refractivity contribution in [2.75, 3.05) is 0 Å². The Labute approximate surface area is 90.9 Å². The van der Waals surface area contributed by atoms with E-state index in [2.05, 4.69) is 9.97 Å². The molecule has 0 spiro atoms. The molecule has 5 nitrogen and oxygen atoms in total. The van der Waals surface area contributed by atoms with E-state index < -0.39 is 5.91 Å². The Bertz CT molecular complexity index is 561. The number of carbonyl (C=O) groups excluding carboxylic acids is 1. The summed E-state index contributed by atoms with van der Waals surface area (Å²) in [5, 5.41) is 0.109. The normalized spacial score (nSPS) is 10.9.